The zero-order valence-corrected chi connectivity index (χ0v) is 23.4. The molecule has 2 heterocycles. The second-order valence-corrected chi connectivity index (χ2v) is 13.2. The van der Waals surface area contributed by atoms with Crippen LogP contribution in [0, 0.1) is 36.5 Å². The first-order chi connectivity index (χ1) is 19.4. The molecular weight excluding hydrogens is 504 g/mol. The Labute approximate surface area is 236 Å². The SMILES string of the molecule is Cc1cc([C@H]2C3=CC[C@@H]4C(=O)N(C5CCCCC5)C(=O)[C@@H]4[C@@H]3C[C@H]3C(=O)N(C4CCCCC4)C(=O)[C@@H]23)ccc1O. The molecule has 6 aliphatic rings. The fraction of sp³-hybridized carbons (Fsp3) is 0.636. The van der Waals surface area contributed by atoms with Gasteiger partial charge >= 0.3 is 0 Å². The van der Waals surface area contributed by atoms with E-state index in [1.165, 1.54) is 0 Å². The van der Waals surface area contributed by atoms with E-state index in [1.807, 2.05) is 19.1 Å². The van der Waals surface area contributed by atoms with E-state index in [1.54, 1.807) is 15.9 Å². The van der Waals surface area contributed by atoms with Gasteiger partial charge in [0.15, 0.2) is 0 Å². The van der Waals surface area contributed by atoms with Gasteiger partial charge in [-0.2, -0.15) is 0 Å². The van der Waals surface area contributed by atoms with Gasteiger partial charge in [0.2, 0.25) is 23.6 Å². The lowest BCUT2D eigenvalue weighted by atomic mass is 9.57. The minimum Gasteiger partial charge on any atom is -0.508 e. The minimum atomic E-state index is -0.501. The topological polar surface area (TPSA) is 95.0 Å². The first-order valence-electron chi connectivity index (χ1n) is 15.6. The Hall–Kier alpha value is -2.96. The Morgan fingerprint density at radius 3 is 1.88 bits per heavy atom. The number of phenolic OH excluding ortho intramolecular Hbond substituents is 1. The van der Waals surface area contributed by atoms with Gasteiger partial charge in [0, 0.05) is 18.0 Å². The van der Waals surface area contributed by atoms with Gasteiger partial charge in [0.1, 0.15) is 5.75 Å². The summed E-state index contributed by atoms with van der Waals surface area (Å²) in [5, 5.41) is 10.3. The van der Waals surface area contributed by atoms with Crippen LogP contribution < -0.4 is 0 Å². The number of imide groups is 2. The molecule has 0 bridgehead atoms. The molecule has 0 aromatic heterocycles. The Morgan fingerprint density at radius 1 is 0.700 bits per heavy atom. The molecular formula is C33H40N2O5. The Kier molecular flexibility index (Phi) is 6.39. The average Bonchev–Trinajstić information content (AvgIpc) is 3.38. The number of hydrogen-bond donors (Lipinski definition) is 1. The zero-order chi connectivity index (χ0) is 27.7. The number of benzene rings is 1. The maximum absolute atomic E-state index is 14.2. The van der Waals surface area contributed by atoms with E-state index in [4.69, 9.17) is 0 Å². The van der Waals surface area contributed by atoms with Crippen molar-refractivity contribution >= 4 is 23.6 Å². The van der Waals surface area contributed by atoms with Crippen LogP contribution >= 0.6 is 0 Å². The van der Waals surface area contributed by atoms with Gasteiger partial charge in [-0.15, -0.1) is 0 Å². The second kappa shape index (κ2) is 9.85. The summed E-state index contributed by atoms with van der Waals surface area (Å²) >= 11 is 0. The van der Waals surface area contributed by atoms with E-state index in [9.17, 15) is 24.3 Å². The third-order valence-corrected chi connectivity index (χ3v) is 11.2. The molecule has 0 spiro atoms. The molecule has 0 radical (unpaired) electrons. The summed E-state index contributed by atoms with van der Waals surface area (Å²) in [6.07, 6.45) is 13.0. The maximum atomic E-state index is 14.2. The van der Waals surface area contributed by atoms with Crippen molar-refractivity contribution < 1.29 is 24.3 Å². The number of carbonyl (C=O) groups is 4. The van der Waals surface area contributed by atoms with Gasteiger partial charge < -0.3 is 5.11 Å². The van der Waals surface area contributed by atoms with Gasteiger partial charge in [-0.3, -0.25) is 29.0 Å². The highest BCUT2D eigenvalue weighted by atomic mass is 16.3. The Bertz CT molecular complexity index is 1290. The van der Waals surface area contributed by atoms with Crippen LogP contribution in [0.1, 0.15) is 94.1 Å². The van der Waals surface area contributed by atoms with Gasteiger partial charge in [0.25, 0.3) is 0 Å². The summed E-state index contributed by atoms with van der Waals surface area (Å²) in [5.41, 5.74) is 2.68. The molecule has 7 heteroatoms. The van der Waals surface area contributed by atoms with Crippen LogP contribution in [0.4, 0.5) is 0 Å². The molecule has 7 nitrogen and oxygen atoms in total. The Morgan fingerprint density at radius 2 is 1.27 bits per heavy atom. The number of carbonyl (C=O) groups excluding carboxylic acids is 4. The number of likely N-dealkylation sites (tertiary alicyclic amines) is 2. The first-order valence-corrected chi connectivity index (χ1v) is 15.6. The number of aryl methyl sites for hydroxylation is 1. The van der Waals surface area contributed by atoms with E-state index in [0.29, 0.717) is 12.8 Å². The number of fused-ring (bicyclic) bond motifs is 4. The molecule has 1 aromatic carbocycles. The predicted molar refractivity (Wildman–Crippen MR) is 148 cm³/mol. The molecule has 1 aromatic rings. The lowest BCUT2D eigenvalue weighted by Gasteiger charge is -2.44. The second-order valence-electron chi connectivity index (χ2n) is 13.2. The van der Waals surface area contributed by atoms with Crippen molar-refractivity contribution in [3.8, 4) is 5.75 Å². The number of nitrogens with zero attached hydrogens (tertiary/aromatic N) is 2. The molecule has 0 unspecified atom stereocenters. The maximum Gasteiger partial charge on any atom is 0.234 e. The smallest absolute Gasteiger partial charge is 0.234 e. The van der Waals surface area contributed by atoms with Crippen LogP contribution in [0.2, 0.25) is 0 Å². The van der Waals surface area contributed by atoms with Crippen molar-refractivity contribution in [2.24, 2.45) is 29.6 Å². The number of aromatic hydroxyl groups is 1. The van der Waals surface area contributed by atoms with Crippen molar-refractivity contribution in [1.82, 2.24) is 9.80 Å². The molecule has 3 saturated carbocycles. The van der Waals surface area contributed by atoms with E-state index >= 15 is 0 Å². The number of phenols is 1. The molecule has 6 atom stereocenters. The number of allylic oxidation sites excluding steroid dienone is 2. The number of rotatable bonds is 3. The van der Waals surface area contributed by atoms with Crippen molar-refractivity contribution in [3.05, 3.63) is 41.0 Å². The van der Waals surface area contributed by atoms with Crippen LogP contribution in [0.25, 0.3) is 0 Å². The quantitative estimate of drug-likeness (QED) is 0.427. The van der Waals surface area contributed by atoms with Gasteiger partial charge in [-0.05, 0) is 68.6 Å². The number of hydrogen-bond acceptors (Lipinski definition) is 5. The third kappa shape index (κ3) is 3.82. The van der Waals surface area contributed by atoms with Crippen LogP contribution in [0.3, 0.4) is 0 Å². The van der Waals surface area contributed by atoms with Gasteiger partial charge in [-0.25, -0.2) is 0 Å². The molecule has 7 rings (SSSR count). The summed E-state index contributed by atoms with van der Waals surface area (Å²) in [6.45, 7) is 1.85. The van der Waals surface area contributed by atoms with Gasteiger partial charge in [-0.1, -0.05) is 62.3 Å². The molecule has 4 aliphatic carbocycles. The largest absolute Gasteiger partial charge is 0.508 e. The fourth-order valence-electron chi connectivity index (χ4n) is 9.28. The zero-order valence-electron chi connectivity index (χ0n) is 23.4. The Balaban J connectivity index is 1.29. The van der Waals surface area contributed by atoms with Crippen molar-refractivity contribution in [3.63, 3.8) is 0 Å². The highest BCUT2D eigenvalue weighted by molar-refractivity contribution is 6.08. The lowest BCUT2D eigenvalue weighted by molar-refractivity contribution is -0.145. The molecule has 5 fully saturated rings. The molecule has 4 amide bonds. The van der Waals surface area contributed by atoms with Crippen LogP contribution in [-0.4, -0.2) is 50.6 Å². The molecule has 1 N–H and O–H groups in total. The lowest BCUT2D eigenvalue weighted by Crippen LogP contribution is -2.44. The monoisotopic (exact) mass is 544 g/mol. The van der Waals surface area contributed by atoms with Crippen molar-refractivity contribution in [2.75, 3.05) is 0 Å². The average molecular weight is 545 g/mol. The van der Waals surface area contributed by atoms with Gasteiger partial charge in [0.05, 0.1) is 23.7 Å². The van der Waals surface area contributed by atoms with Crippen LogP contribution in [-0.2, 0) is 19.2 Å². The highest BCUT2D eigenvalue weighted by Gasteiger charge is 2.63. The van der Waals surface area contributed by atoms with Crippen molar-refractivity contribution in [2.45, 2.75) is 102 Å². The summed E-state index contributed by atoms with van der Waals surface area (Å²) in [4.78, 5) is 59.2. The normalized spacial score (nSPS) is 35.1. The van der Waals surface area contributed by atoms with E-state index < -0.39 is 17.8 Å². The predicted octanol–water partition coefficient (Wildman–Crippen LogP) is 5.00. The van der Waals surface area contributed by atoms with E-state index in [-0.39, 0.29) is 59.2 Å². The molecule has 2 aliphatic heterocycles. The summed E-state index contributed by atoms with van der Waals surface area (Å²) < 4.78 is 0. The fourth-order valence-corrected chi connectivity index (χ4v) is 9.28. The molecule has 40 heavy (non-hydrogen) atoms. The molecule has 2 saturated heterocycles. The first kappa shape index (κ1) is 26.0. The summed E-state index contributed by atoms with van der Waals surface area (Å²) in [6, 6.07) is 5.43. The summed E-state index contributed by atoms with van der Waals surface area (Å²) in [7, 11) is 0. The van der Waals surface area contributed by atoms with Crippen LogP contribution in [0.5, 0.6) is 5.75 Å². The molecule has 212 valence electrons. The van der Waals surface area contributed by atoms with Crippen molar-refractivity contribution in [1.29, 1.82) is 0 Å². The van der Waals surface area contributed by atoms with E-state index in [0.717, 1.165) is 80.9 Å². The standard InChI is InChI=1S/C33H40N2O5/c1-18-16-19(12-15-26(18)36)27-22-13-14-23-28(32(39)34(30(23)37)20-8-4-2-5-9-20)24(22)17-25-29(27)33(40)35(31(25)38)21-10-6-3-7-11-21/h12-13,15-16,20-21,23-25,27-29,36H,2-11,14,17H2,1H3/t23-,24+,25+,27-,28-,29+/m0/s1. The van der Waals surface area contributed by atoms with Crippen LogP contribution in [0.15, 0.2) is 29.8 Å². The minimum absolute atomic E-state index is 0.00818. The number of amides is 4. The highest BCUT2D eigenvalue weighted by Crippen LogP contribution is 2.58. The summed E-state index contributed by atoms with van der Waals surface area (Å²) in [5.74, 6) is -2.42. The van der Waals surface area contributed by atoms with E-state index in [2.05, 4.69) is 6.08 Å². The third-order valence-electron chi connectivity index (χ3n) is 11.2.